The van der Waals surface area contributed by atoms with Crippen LogP contribution < -0.4 is 11.1 Å². The second-order valence-electron chi connectivity index (χ2n) is 2.66. The van der Waals surface area contributed by atoms with Gasteiger partial charge in [-0.25, -0.2) is 0 Å². The van der Waals surface area contributed by atoms with Crippen LogP contribution in [-0.2, 0) is 4.79 Å². The predicted molar refractivity (Wildman–Crippen MR) is 46.5 cm³/mol. The number of nitrogens with two attached hydrogens (primary N) is 1. The van der Waals surface area contributed by atoms with E-state index >= 15 is 0 Å². The number of unbranched alkanes of at least 4 members (excludes halogenated alkanes) is 2. The van der Waals surface area contributed by atoms with Crippen molar-refractivity contribution in [1.82, 2.24) is 5.32 Å². The van der Waals surface area contributed by atoms with E-state index in [4.69, 9.17) is 5.73 Å². The minimum Gasteiger partial charge on any atom is -0.324 e. The van der Waals surface area contributed by atoms with Crippen molar-refractivity contribution in [3.8, 4) is 0 Å². The molecule has 0 radical (unpaired) electrons. The van der Waals surface area contributed by atoms with Crippen LogP contribution in [0.3, 0.4) is 0 Å². The summed E-state index contributed by atoms with van der Waals surface area (Å²) in [5, 5.41) is 3.06. The zero-order chi connectivity index (χ0) is 8.53. The van der Waals surface area contributed by atoms with Gasteiger partial charge in [-0.1, -0.05) is 6.42 Å². The van der Waals surface area contributed by atoms with E-state index < -0.39 is 0 Å². The maximum Gasteiger partial charge on any atom is 0.146 e. The highest BCUT2D eigenvalue weighted by Crippen LogP contribution is 1.98. The highest BCUT2D eigenvalue weighted by atomic mass is 16.1. The van der Waals surface area contributed by atoms with Crippen molar-refractivity contribution in [1.29, 1.82) is 0 Å². The molecular formula is C8H18N2O. The first-order valence-electron chi connectivity index (χ1n) is 4.17. The summed E-state index contributed by atoms with van der Waals surface area (Å²) in [5.74, 6) is 0.175. The lowest BCUT2D eigenvalue weighted by atomic mass is 10.1. The number of carbonyl (C=O) groups is 1. The monoisotopic (exact) mass is 158 g/mol. The Morgan fingerprint density at radius 2 is 2.09 bits per heavy atom. The molecule has 0 spiro atoms. The molecule has 66 valence electrons. The number of carbonyl (C=O) groups excluding carboxylic acids is 1. The smallest absolute Gasteiger partial charge is 0.146 e. The molecule has 0 aliphatic heterocycles. The molecule has 0 saturated heterocycles. The van der Waals surface area contributed by atoms with E-state index in [9.17, 15) is 4.79 Å². The van der Waals surface area contributed by atoms with Gasteiger partial charge in [0.15, 0.2) is 0 Å². The SMILES string of the molecule is CNCCCCCC(=O)CN. The number of nitrogens with one attached hydrogen (secondary N) is 1. The van der Waals surface area contributed by atoms with Crippen molar-refractivity contribution >= 4 is 5.78 Å². The standard InChI is InChI=1S/C8H18N2O/c1-10-6-4-2-3-5-8(11)7-9/h10H,2-7,9H2,1H3. The van der Waals surface area contributed by atoms with Crippen LogP contribution in [-0.4, -0.2) is 25.9 Å². The Balaban J connectivity index is 2.95. The molecule has 3 N–H and O–H groups in total. The molecule has 0 aliphatic carbocycles. The molecule has 0 saturated carbocycles. The zero-order valence-corrected chi connectivity index (χ0v) is 7.23. The topological polar surface area (TPSA) is 55.1 Å². The Kier molecular flexibility index (Phi) is 7.41. The summed E-state index contributed by atoms with van der Waals surface area (Å²) in [5.41, 5.74) is 5.15. The Labute approximate surface area is 68.3 Å². The van der Waals surface area contributed by atoms with Crippen molar-refractivity contribution < 1.29 is 4.79 Å². The van der Waals surface area contributed by atoms with Gasteiger partial charge in [0, 0.05) is 6.42 Å². The summed E-state index contributed by atoms with van der Waals surface area (Å²) < 4.78 is 0. The lowest BCUT2D eigenvalue weighted by molar-refractivity contribution is -0.117. The van der Waals surface area contributed by atoms with Gasteiger partial charge in [-0.15, -0.1) is 0 Å². The molecule has 3 nitrogen and oxygen atoms in total. The quantitative estimate of drug-likeness (QED) is 0.524. The Morgan fingerprint density at radius 1 is 1.36 bits per heavy atom. The van der Waals surface area contributed by atoms with Crippen molar-refractivity contribution in [3.05, 3.63) is 0 Å². The Morgan fingerprint density at radius 3 is 2.64 bits per heavy atom. The summed E-state index contributed by atoms with van der Waals surface area (Å²) in [6.45, 7) is 1.24. The van der Waals surface area contributed by atoms with Crippen molar-refractivity contribution in [2.75, 3.05) is 20.1 Å². The first-order valence-corrected chi connectivity index (χ1v) is 4.17. The number of ketones is 1. The van der Waals surface area contributed by atoms with Crippen LogP contribution in [0.5, 0.6) is 0 Å². The average molecular weight is 158 g/mol. The van der Waals surface area contributed by atoms with Crippen LogP contribution in [0.25, 0.3) is 0 Å². The van der Waals surface area contributed by atoms with E-state index in [0.717, 1.165) is 25.8 Å². The highest BCUT2D eigenvalue weighted by molar-refractivity contribution is 5.80. The summed E-state index contributed by atoms with van der Waals surface area (Å²) in [6.07, 6.45) is 3.90. The van der Waals surface area contributed by atoms with E-state index in [0.29, 0.717) is 6.42 Å². The van der Waals surface area contributed by atoms with Gasteiger partial charge in [0.25, 0.3) is 0 Å². The number of hydrogen-bond acceptors (Lipinski definition) is 3. The molecule has 0 aromatic rings. The fourth-order valence-corrected chi connectivity index (χ4v) is 0.903. The van der Waals surface area contributed by atoms with Crippen molar-refractivity contribution in [2.45, 2.75) is 25.7 Å². The molecule has 0 bridgehead atoms. The van der Waals surface area contributed by atoms with Crippen molar-refractivity contribution in [3.63, 3.8) is 0 Å². The van der Waals surface area contributed by atoms with Crippen LogP contribution in [0.4, 0.5) is 0 Å². The van der Waals surface area contributed by atoms with Crippen LogP contribution in [0.15, 0.2) is 0 Å². The minimum absolute atomic E-state index is 0.175. The molecule has 0 rings (SSSR count). The normalized spacial score (nSPS) is 10.0. The molecule has 0 heterocycles. The third-order valence-electron chi connectivity index (χ3n) is 1.61. The maximum absolute atomic E-state index is 10.7. The summed E-state index contributed by atoms with van der Waals surface area (Å²) in [4.78, 5) is 10.7. The maximum atomic E-state index is 10.7. The van der Waals surface area contributed by atoms with Crippen LogP contribution >= 0.6 is 0 Å². The van der Waals surface area contributed by atoms with Gasteiger partial charge in [0.1, 0.15) is 5.78 Å². The predicted octanol–water partition coefficient (Wildman–Crippen LogP) is 0.294. The van der Waals surface area contributed by atoms with Gasteiger partial charge in [0.05, 0.1) is 6.54 Å². The van der Waals surface area contributed by atoms with Crippen LogP contribution in [0.2, 0.25) is 0 Å². The average Bonchev–Trinajstić information content (AvgIpc) is 2.04. The molecule has 0 unspecified atom stereocenters. The number of hydrogen-bond donors (Lipinski definition) is 2. The lowest BCUT2D eigenvalue weighted by Crippen LogP contribution is -2.13. The van der Waals surface area contributed by atoms with Gasteiger partial charge in [0.2, 0.25) is 0 Å². The van der Waals surface area contributed by atoms with Gasteiger partial charge in [-0.2, -0.15) is 0 Å². The molecule has 0 aromatic heterocycles. The second-order valence-corrected chi connectivity index (χ2v) is 2.66. The first-order chi connectivity index (χ1) is 5.31. The number of rotatable bonds is 7. The molecule has 3 heteroatoms. The van der Waals surface area contributed by atoms with Gasteiger partial charge in [-0.05, 0) is 26.4 Å². The summed E-state index contributed by atoms with van der Waals surface area (Å²) in [7, 11) is 1.94. The molecule has 0 atom stereocenters. The molecule has 0 aliphatic rings. The third-order valence-corrected chi connectivity index (χ3v) is 1.61. The van der Waals surface area contributed by atoms with Gasteiger partial charge >= 0.3 is 0 Å². The van der Waals surface area contributed by atoms with Crippen molar-refractivity contribution in [2.24, 2.45) is 5.73 Å². The lowest BCUT2D eigenvalue weighted by Gasteiger charge is -1.98. The zero-order valence-electron chi connectivity index (χ0n) is 7.23. The van der Waals surface area contributed by atoms with E-state index in [1.54, 1.807) is 0 Å². The van der Waals surface area contributed by atoms with E-state index in [-0.39, 0.29) is 12.3 Å². The summed E-state index contributed by atoms with van der Waals surface area (Å²) >= 11 is 0. The minimum atomic E-state index is 0.175. The third kappa shape index (κ3) is 7.49. The van der Waals surface area contributed by atoms with E-state index in [2.05, 4.69) is 5.32 Å². The fraction of sp³-hybridized carbons (Fsp3) is 0.875. The highest BCUT2D eigenvalue weighted by Gasteiger charge is 1.96. The van der Waals surface area contributed by atoms with Crippen LogP contribution in [0, 0.1) is 0 Å². The molecule has 11 heavy (non-hydrogen) atoms. The molecule has 0 amide bonds. The van der Waals surface area contributed by atoms with Crippen LogP contribution in [0.1, 0.15) is 25.7 Å². The number of Topliss-reactive ketones (excluding diaryl/α,β-unsaturated/α-hetero) is 1. The van der Waals surface area contributed by atoms with E-state index in [1.807, 2.05) is 7.05 Å². The van der Waals surface area contributed by atoms with Gasteiger partial charge < -0.3 is 11.1 Å². The first kappa shape index (κ1) is 10.6. The van der Waals surface area contributed by atoms with E-state index in [1.165, 1.54) is 0 Å². The Hall–Kier alpha value is -0.410. The largest absolute Gasteiger partial charge is 0.324 e. The fourth-order valence-electron chi connectivity index (χ4n) is 0.903. The molecule has 0 aromatic carbocycles. The second kappa shape index (κ2) is 7.69. The van der Waals surface area contributed by atoms with Gasteiger partial charge in [-0.3, -0.25) is 4.79 Å². The molecule has 0 fully saturated rings. The molecular weight excluding hydrogens is 140 g/mol. The Bertz CT molecular complexity index is 104. The summed E-state index contributed by atoms with van der Waals surface area (Å²) in [6, 6.07) is 0.